The number of hydrogen-bond donors (Lipinski definition) is 0. The van der Waals surface area contributed by atoms with E-state index in [0.717, 1.165) is 50.2 Å². The minimum atomic E-state index is -1.48. The van der Waals surface area contributed by atoms with Crippen LogP contribution in [-0.4, -0.2) is 35.2 Å². The molecule has 0 N–H and O–H groups in total. The maximum absolute atomic E-state index is 5.04. The van der Waals surface area contributed by atoms with Gasteiger partial charge in [-0.25, -0.2) is 9.97 Å². The second-order valence-electron chi connectivity index (χ2n) is 20.0. The Morgan fingerprint density at radius 2 is 1.05 bits per heavy atom. The van der Waals surface area contributed by atoms with Gasteiger partial charge in [-0.3, -0.25) is 9.13 Å². The first-order valence-corrected chi connectivity index (χ1v) is 29.6. The van der Waals surface area contributed by atoms with Gasteiger partial charge in [-0.1, -0.05) is 116 Å². The number of aryl methyl sites for hydroxylation is 4. The van der Waals surface area contributed by atoms with Gasteiger partial charge in [0.15, 0.2) is 0 Å². The summed E-state index contributed by atoms with van der Waals surface area (Å²) in [5.41, 5.74) is 21.0. The van der Waals surface area contributed by atoms with Crippen LogP contribution in [0.2, 0.25) is 39.3 Å². The summed E-state index contributed by atoms with van der Waals surface area (Å²) >= 11 is 0. The van der Waals surface area contributed by atoms with Crippen LogP contribution in [0.25, 0.3) is 78.2 Å². The fraction of sp³-hybridized carbons (Fsp3) is 0.214. The molecule has 0 saturated carbocycles. The highest BCUT2D eigenvalue weighted by Crippen LogP contribution is 2.52. The Bertz CT molecular complexity index is 3360. The SMILES string of the molecule is C[Si](C)(C)c1cccc(C2=Cc3c(n(-c4ccccn4)c4c5c6c(cc34)CCc3cc4c7cc(-c8cccc([Si](C)(C)C)c8)ccc7n(-c7ccccn7)c4c(c3-6)CC5)CC2)c1. The molecule has 4 heterocycles. The van der Waals surface area contributed by atoms with Crippen LogP contribution in [0.3, 0.4) is 0 Å². The van der Waals surface area contributed by atoms with Gasteiger partial charge in [0.2, 0.25) is 0 Å². The van der Waals surface area contributed by atoms with Crippen LogP contribution < -0.4 is 10.4 Å². The Balaban J connectivity index is 1.11. The number of rotatable bonds is 6. The van der Waals surface area contributed by atoms with Gasteiger partial charge in [-0.2, -0.15) is 0 Å². The molecule has 0 aliphatic heterocycles. The van der Waals surface area contributed by atoms with E-state index >= 15 is 0 Å². The highest BCUT2D eigenvalue weighted by atomic mass is 28.3. The molecule has 4 aromatic heterocycles. The fourth-order valence-electron chi connectivity index (χ4n) is 11.1. The Morgan fingerprint density at radius 3 is 1.68 bits per heavy atom. The highest BCUT2D eigenvalue weighted by Gasteiger charge is 2.34. The van der Waals surface area contributed by atoms with Crippen molar-refractivity contribution in [3.05, 3.63) is 167 Å². The lowest BCUT2D eigenvalue weighted by atomic mass is 9.73. The van der Waals surface area contributed by atoms with Crippen molar-refractivity contribution in [1.29, 1.82) is 0 Å². The van der Waals surface area contributed by atoms with Gasteiger partial charge in [-0.05, 0) is 149 Å². The number of pyridine rings is 2. The Labute approximate surface area is 366 Å². The van der Waals surface area contributed by atoms with Crippen LogP contribution in [-0.2, 0) is 32.1 Å². The molecule has 9 aromatic rings. The fourth-order valence-corrected chi connectivity index (χ4v) is 13.5. The molecule has 4 nitrogen and oxygen atoms in total. The van der Waals surface area contributed by atoms with Gasteiger partial charge in [0.1, 0.15) is 11.6 Å². The molecule has 3 aliphatic rings. The van der Waals surface area contributed by atoms with Crippen molar-refractivity contribution < 1.29 is 0 Å². The third-order valence-electron chi connectivity index (χ3n) is 14.2. The molecule has 0 amide bonds. The summed E-state index contributed by atoms with van der Waals surface area (Å²) in [6, 6.07) is 43.8. The normalized spacial score (nSPS) is 14.6. The maximum atomic E-state index is 5.04. The second-order valence-corrected chi connectivity index (χ2v) is 30.2. The van der Waals surface area contributed by atoms with E-state index in [1.165, 1.54) is 110 Å². The number of fused-ring (bicyclic) bond motifs is 8. The zero-order chi connectivity index (χ0) is 42.1. The van der Waals surface area contributed by atoms with Gasteiger partial charge in [0.25, 0.3) is 0 Å². The number of allylic oxidation sites excluding steroid dienone is 1. The summed E-state index contributed by atoms with van der Waals surface area (Å²) in [5, 5.41) is 7.06. The van der Waals surface area contributed by atoms with Crippen LogP contribution in [0.5, 0.6) is 0 Å². The number of benzene rings is 5. The third kappa shape index (κ3) is 5.76. The van der Waals surface area contributed by atoms with Crippen molar-refractivity contribution in [2.75, 3.05) is 0 Å². The average Bonchev–Trinajstić information content (AvgIpc) is 3.80. The first kappa shape index (κ1) is 37.7. The Kier molecular flexibility index (Phi) is 8.33. The van der Waals surface area contributed by atoms with Gasteiger partial charge in [-0.15, -0.1) is 0 Å². The van der Waals surface area contributed by atoms with Crippen molar-refractivity contribution in [1.82, 2.24) is 19.1 Å². The second kappa shape index (κ2) is 13.7. The topological polar surface area (TPSA) is 35.6 Å². The summed E-state index contributed by atoms with van der Waals surface area (Å²) in [7, 11) is -2.93. The molecule has 3 aliphatic carbocycles. The predicted molar refractivity (Wildman–Crippen MR) is 267 cm³/mol. The first-order chi connectivity index (χ1) is 30.0. The summed E-state index contributed by atoms with van der Waals surface area (Å²) in [4.78, 5) is 10.0. The zero-order valence-corrected chi connectivity index (χ0v) is 38.7. The Morgan fingerprint density at radius 1 is 0.468 bits per heavy atom. The van der Waals surface area contributed by atoms with E-state index in [1.807, 2.05) is 24.5 Å². The summed E-state index contributed by atoms with van der Waals surface area (Å²) in [6.07, 6.45) is 12.5. The summed E-state index contributed by atoms with van der Waals surface area (Å²) in [5.74, 6) is 2.00. The monoisotopic (exact) mass is 836 g/mol. The minimum Gasteiger partial charge on any atom is -0.297 e. The average molecular weight is 837 g/mol. The zero-order valence-electron chi connectivity index (χ0n) is 36.7. The van der Waals surface area contributed by atoms with Crippen LogP contribution in [0.1, 0.15) is 45.5 Å². The molecule has 0 bridgehead atoms. The van der Waals surface area contributed by atoms with E-state index in [9.17, 15) is 0 Å². The van der Waals surface area contributed by atoms with Gasteiger partial charge < -0.3 is 0 Å². The predicted octanol–water partition coefficient (Wildman–Crippen LogP) is 12.6. The molecular formula is C56H52N4Si2. The van der Waals surface area contributed by atoms with Crippen molar-refractivity contribution in [3.63, 3.8) is 0 Å². The highest BCUT2D eigenvalue weighted by molar-refractivity contribution is 6.89. The van der Waals surface area contributed by atoms with Gasteiger partial charge >= 0.3 is 0 Å². The lowest BCUT2D eigenvalue weighted by Gasteiger charge is -2.31. The quantitative estimate of drug-likeness (QED) is 0.156. The molecule has 62 heavy (non-hydrogen) atoms. The number of hydrogen-bond acceptors (Lipinski definition) is 2. The van der Waals surface area contributed by atoms with Crippen LogP contribution in [0, 0.1) is 0 Å². The van der Waals surface area contributed by atoms with E-state index in [-0.39, 0.29) is 0 Å². The molecule has 0 atom stereocenters. The standard InChI is InChI=1S/C56H52N4Si2/c1-61(2,3)41-15-11-13-35(29-41)37-21-25-49-45(31-37)47-33-39-19-20-40-34-48-46-32-38(36-14-12-16-42(30-36)62(4,5)6)22-26-50(46)60(52-18-8-10-28-58-52)56(48)44-24-23-43(53(39)54(40)44)55(47)59(49)51-17-7-9-27-57-51/h7-18,21,25,27-34H,19-20,22-24,26H2,1-6H3. The number of aromatic nitrogens is 4. The molecule has 0 unspecified atom stereocenters. The lowest BCUT2D eigenvalue weighted by Crippen LogP contribution is -2.37. The van der Waals surface area contributed by atoms with E-state index < -0.39 is 16.1 Å². The van der Waals surface area contributed by atoms with E-state index in [0.29, 0.717) is 0 Å². The van der Waals surface area contributed by atoms with Crippen LogP contribution in [0.4, 0.5) is 0 Å². The van der Waals surface area contributed by atoms with E-state index in [2.05, 4.69) is 158 Å². The summed E-state index contributed by atoms with van der Waals surface area (Å²) < 4.78 is 5.02. The van der Waals surface area contributed by atoms with Crippen molar-refractivity contribution >= 4 is 70.9 Å². The molecule has 0 saturated heterocycles. The molecule has 304 valence electrons. The summed E-state index contributed by atoms with van der Waals surface area (Å²) in [6.45, 7) is 14.7. The Hall–Kier alpha value is -6.09. The van der Waals surface area contributed by atoms with Crippen LogP contribution >= 0.6 is 0 Å². The van der Waals surface area contributed by atoms with E-state index in [1.54, 1.807) is 0 Å². The third-order valence-corrected chi connectivity index (χ3v) is 18.3. The van der Waals surface area contributed by atoms with Crippen LogP contribution in [0.15, 0.2) is 128 Å². The van der Waals surface area contributed by atoms with Gasteiger partial charge in [0, 0.05) is 39.8 Å². The molecule has 6 heteroatoms. The van der Waals surface area contributed by atoms with Gasteiger partial charge in [0.05, 0.1) is 32.7 Å². The maximum Gasteiger partial charge on any atom is 0.137 e. The molecule has 0 fully saturated rings. The first-order valence-electron chi connectivity index (χ1n) is 22.6. The molecule has 0 spiro atoms. The molecule has 12 rings (SSSR count). The molecule has 0 radical (unpaired) electrons. The minimum absolute atomic E-state index is 0.974. The van der Waals surface area contributed by atoms with Crippen molar-refractivity contribution in [3.8, 4) is 33.9 Å². The van der Waals surface area contributed by atoms with Crippen molar-refractivity contribution in [2.45, 2.75) is 77.8 Å². The van der Waals surface area contributed by atoms with E-state index in [4.69, 9.17) is 9.97 Å². The largest absolute Gasteiger partial charge is 0.297 e. The smallest absolute Gasteiger partial charge is 0.137 e. The lowest BCUT2D eigenvalue weighted by molar-refractivity contribution is 0.860. The molecule has 5 aromatic carbocycles. The molecular weight excluding hydrogens is 785 g/mol. The number of nitrogens with zero attached hydrogens (tertiary/aromatic N) is 4. The van der Waals surface area contributed by atoms with Crippen molar-refractivity contribution in [2.24, 2.45) is 0 Å².